The first-order chi connectivity index (χ1) is 9.08. The van der Waals surface area contributed by atoms with Gasteiger partial charge < -0.3 is 10.3 Å². The van der Waals surface area contributed by atoms with Crippen molar-refractivity contribution in [2.24, 2.45) is 5.73 Å². The number of aryl methyl sites for hydroxylation is 1. The van der Waals surface area contributed by atoms with Gasteiger partial charge in [-0.15, -0.1) is 12.4 Å². The van der Waals surface area contributed by atoms with Crippen LogP contribution in [0.1, 0.15) is 37.1 Å². The van der Waals surface area contributed by atoms with E-state index in [9.17, 15) is 0 Å². The number of rotatable bonds is 2. The fraction of sp³-hybridized carbons (Fsp3) is 0.429. The average molecular weight is 359 g/mol. The minimum atomic E-state index is -0.404. The van der Waals surface area contributed by atoms with E-state index in [0.29, 0.717) is 11.7 Å². The van der Waals surface area contributed by atoms with Crippen molar-refractivity contribution in [3.05, 3.63) is 34.1 Å². The van der Waals surface area contributed by atoms with E-state index in [1.807, 2.05) is 25.1 Å². The lowest BCUT2D eigenvalue weighted by Crippen LogP contribution is -2.34. The SMILES string of the molecule is Cc1ccc(-c2nc(C3(N)CCCC3)no2)c(Br)c1.Cl. The van der Waals surface area contributed by atoms with Crippen molar-refractivity contribution in [2.75, 3.05) is 0 Å². The molecule has 3 rings (SSSR count). The topological polar surface area (TPSA) is 64.9 Å². The molecule has 1 fully saturated rings. The monoisotopic (exact) mass is 357 g/mol. The van der Waals surface area contributed by atoms with Gasteiger partial charge in [0.1, 0.15) is 0 Å². The van der Waals surface area contributed by atoms with Gasteiger partial charge in [0.2, 0.25) is 0 Å². The van der Waals surface area contributed by atoms with Gasteiger partial charge in [0.15, 0.2) is 5.82 Å². The maximum Gasteiger partial charge on any atom is 0.259 e. The van der Waals surface area contributed by atoms with Gasteiger partial charge in [0, 0.05) is 4.47 Å². The zero-order chi connectivity index (χ0) is 13.5. The van der Waals surface area contributed by atoms with Crippen molar-refractivity contribution in [1.29, 1.82) is 0 Å². The van der Waals surface area contributed by atoms with Crippen LogP contribution in [0.4, 0.5) is 0 Å². The molecule has 2 aromatic rings. The van der Waals surface area contributed by atoms with Gasteiger partial charge in [-0.05, 0) is 53.4 Å². The van der Waals surface area contributed by atoms with Crippen LogP contribution in [0.3, 0.4) is 0 Å². The molecule has 108 valence electrons. The fourth-order valence-electron chi connectivity index (χ4n) is 2.56. The van der Waals surface area contributed by atoms with Crippen LogP contribution in [-0.4, -0.2) is 10.1 Å². The van der Waals surface area contributed by atoms with Crippen molar-refractivity contribution in [3.63, 3.8) is 0 Å². The van der Waals surface area contributed by atoms with Crippen molar-refractivity contribution in [2.45, 2.75) is 38.1 Å². The Bertz CT molecular complexity index is 608. The summed E-state index contributed by atoms with van der Waals surface area (Å²) in [6.45, 7) is 2.04. The summed E-state index contributed by atoms with van der Waals surface area (Å²) in [5.41, 5.74) is 8.02. The molecule has 0 spiro atoms. The Kier molecular flexibility index (Phi) is 4.52. The van der Waals surface area contributed by atoms with Crippen molar-refractivity contribution >= 4 is 28.3 Å². The van der Waals surface area contributed by atoms with Crippen molar-refractivity contribution in [1.82, 2.24) is 10.1 Å². The summed E-state index contributed by atoms with van der Waals surface area (Å²) in [6.07, 6.45) is 4.13. The standard InChI is InChI=1S/C14H16BrN3O.ClH/c1-9-4-5-10(11(15)8-9)12-17-13(18-19-12)14(16)6-2-3-7-14;/h4-5,8H,2-3,6-7,16H2,1H3;1H. The summed E-state index contributed by atoms with van der Waals surface area (Å²) in [4.78, 5) is 4.49. The van der Waals surface area contributed by atoms with Crippen LogP contribution in [0, 0.1) is 6.92 Å². The van der Waals surface area contributed by atoms with Crippen LogP contribution in [0.25, 0.3) is 11.5 Å². The zero-order valence-electron chi connectivity index (χ0n) is 11.2. The minimum Gasteiger partial charge on any atom is -0.334 e. The lowest BCUT2D eigenvalue weighted by atomic mass is 9.99. The Hall–Kier alpha value is -0.910. The first kappa shape index (κ1) is 15.5. The lowest BCUT2D eigenvalue weighted by Gasteiger charge is -2.17. The van der Waals surface area contributed by atoms with Gasteiger partial charge in [-0.1, -0.05) is 24.1 Å². The molecule has 1 heterocycles. The molecule has 6 heteroatoms. The number of hydrogen-bond acceptors (Lipinski definition) is 4. The van der Waals surface area contributed by atoms with Gasteiger partial charge in [-0.2, -0.15) is 4.98 Å². The highest BCUT2D eigenvalue weighted by molar-refractivity contribution is 9.10. The predicted octanol–water partition coefficient (Wildman–Crippen LogP) is 3.96. The van der Waals surface area contributed by atoms with Gasteiger partial charge in [-0.3, -0.25) is 0 Å². The summed E-state index contributed by atoms with van der Waals surface area (Å²) in [5, 5.41) is 4.08. The normalized spacial score (nSPS) is 16.9. The van der Waals surface area contributed by atoms with E-state index in [2.05, 4.69) is 26.1 Å². The van der Waals surface area contributed by atoms with E-state index in [0.717, 1.165) is 35.7 Å². The third-order valence-electron chi connectivity index (χ3n) is 3.72. The van der Waals surface area contributed by atoms with E-state index < -0.39 is 5.54 Å². The number of nitrogens with zero attached hydrogens (tertiary/aromatic N) is 2. The molecule has 20 heavy (non-hydrogen) atoms. The molecular formula is C14H17BrClN3O. The van der Waals surface area contributed by atoms with E-state index in [-0.39, 0.29) is 12.4 Å². The molecule has 0 aliphatic heterocycles. The molecule has 1 aromatic heterocycles. The van der Waals surface area contributed by atoms with Gasteiger partial charge in [-0.25, -0.2) is 0 Å². The predicted molar refractivity (Wildman–Crippen MR) is 83.8 cm³/mol. The molecule has 4 nitrogen and oxygen atoms in total. The molecule has 1 aromatic carbocycles. The van der Waals surface area contributed by atoms with Crippen LogP contribution >= 0.6 is 28.3 Å². The smallest absolute Gasteiger partial charge is 0.259 e. The van der Waals surface area contributed by atoms with Crippen LogP contribution in [0.15, 0.2) is 27.2 Å². The molecule has 0 atom stereocenters. The Labute approximate surface area is 132 Å². The van der Waals surface area contributed by atoms with Crippen LogP contribution in [-0.2, 0) is 5.54 Å². The van der Waals surface area contributed by atoms with Crippen molar-refractivity contribution < 1.29 is 4.52 Å². The molecule has 0 amide bonds. The highest BCUT2D eigenvalue weighted by atomic mass is 79.9. The summed E-state index contributed by atoms with van der Waals surface area (Å²) in [6, 6.07) is 6.04. The highest BCUT2D eigenvalue weighted by Crippen LogP contribution is 2.36. The molecule has 0 unspecified atom stereocenters. The van der Waals surface area contributed by atoms with Crippen LogP contribution in [0.5, 0.6) is 0 Å². The van der Waals surface area contributed by atoms with Crippen LogP contribution in [0.2, 0.25) is 0 Å². The number of benzene rings is 1. The second-order valence-electron chi connectivity index (χ2n) is 5.27. The minimum absolute atomic E-state index is 0. The average Bonchev–Trinajstić information content (AvgIpc) is 2.99. The van der Waals surface area contributed by atoms with Crippen molar-refractivity contribution in [3.8, 4) is 11.5 Å². The van der Waals surface area contributed by atoms with E-state index in [1.54, 1.807) is 0 Å². The summed E-state index contributed by atoms with van der Waals surface area (Å²) in [5.74, 6) is 1.16. The molecule has 1 saturated carbocycles. The molecule has 0 saturated heterocycles. The quantitative estimate of drug-likeness (QED) is 0.882. The second-order valence-corrected chi connectivity index (χ2v) is 6.12. The number of hydrogen-bond donors (Lipinski definition) is 1. The maximum absolute atomic E-state index is 6.34. The highest BCUT2D eigenvalue weighted by Gasteiger charge is 2.36. The summed E-state index contributed by atoms with van der Waals surface area (Å²) >= 11 is 3.53. The van der Waals surface area contributed by atoms with E-state index in [1.165, 1.54) is 5.56 Å². The molecule has 1 aliphatic carbocycles. The second kappa shape index (κ2) is 5.84. The fourth-order valence-corrected chi connectivity index (χ4v) is 3.22. The molecule has 1 aliphatic rings. The lowest BCUT2D eigenvalue weighted by molar-refractivity contribution is 0.372. The number of nitrogens with two attached hydrogens (primary N) is 1. The first-order valence-electron chi connectivity index (χ1n) is 6.48. The number of aromatic nitrogens is 2. The molecule has 0 radical (unpaired) electrons. The molecule has 0 bridgehead atoms. The maximum atomic E-state index is 6.34. The third kappa shape index (κ3) is 2.75. The Morgan fingerprint density at radius 2 is 2.00 bits per heavy atom. The molecule has 2 N–H and O–H groups in total. The largest absolute Gasteiger partial charge is 0.334 e. The zero-order valence-corrected chi connectivity index (χ0v) is 13.6. The van der Waals surface area contributed by atoms with Gasteiger partial charge >= 0.3 is 0 Å². The summed E-state index contributed by atoms with van der Waals surface area (Å²) in [7, 11) is 0. The first-order valence-corrected chi connectivity index (χ1v) is 7.27. The third-order valence-corrected chi connectivity index (χ3v) is 4.38. The van der Waals surface area contributed by atoms with Crippen LogP contribution < -0.4 is 5.73 Å². The Balaban J connectivity index is 0.00000147. The Morgan fingerprint density at radius 3 is 2.65 bits per heavy atom. The van der Waals surface area contributed by atoms with E-state index in [4.69, 9.17) is 10.3 Å². The summed E-state index contributed by atoms with van der Waals surface area (Å²) < 4.78 is 6.34. The van der Waals surface area contributed by atoms with E-state index >= 15 is 0 Å². The number of halogens is 2. The molecular weight excluding hydrogens is 342 g/mol. The van der Waals surface area contributed by atoms with Gasteiger partial charge in [0.25, 0.3) is 5.89 Å². The Morgan fingerprint density at radius 1 is 1.30 bits per heavy atom. The van der Waals surface area contributed by atoms with Gasteiger partial charge in [0.05, 0.1) is 11.1 Å².